The van der Waals surface area contributed by atoms with Crippen molar-refractivity contribution in [3.63, 3.8) is 0 Å². The Morgan fingerprint density at radius 3 is 2.64 bits per heavy atom. The molecular weight excluding hydrogens is 388 g/mol. The van der Waals surface area contributed by atoms with Crippen molar-refractivity contribution in [3.05, 3.63) is 40.0 Å². The number of halogens is 1. The molecule has 0 aliphatic carbocycles. The van der Waals surface area contributed by atoms with Crippen LogP contribution in [0.5, 0.6) is 5.75 Å². The van der Waals surface area contributed by atoms with Crippen LogP contribution in [0.2, 0.25) is 0 Å². The van der Waals surface area contributed by atoms with Crippen LogP contribution in [-0.4, -0.2) is 31.1 Å². The number of methoxy groups -OCH3 is 1. The minimum absolute atomic E-state index is 0.252. The predicted molar refractivity (Wildman–Crippen MR) is 102 cm³/mol. The molecule has 0 bridgehead atoms. The first-order valence-electron chi connectivity index (χ1n) is 8.87. The number of fused-ring (bicyclic) bond motifs is 1. The van der Waals surface area contributed by atoms with Gasteiger partial charge >= 0.3 is 17.4 Å². The monoisotopic (exact) mass is 410 g/mol. The van der Waals surface area contributed by atoms with Crippen molar-refractivity contribution in [2.75, 3.05) is 13.7 Å². The van der Waals surface area contributed by atoms with Gasteiger partial charge in [-0.3, -0.25) is 4.79 Å². The van der Waals surface area contributed by atoms with E-state index < -0.39 is 17.7 Å². The number of hydrogen-bond donors (Lipinski definition) is 0. The van der Waals surface area contributed by atoms with Gasteiger partial charge in [0.05, 0.1) is 24.8 Å². The normalized spacial score (nSPS) is 15.7. The number of rotatable bonds is 8. The summed E-state index contributed by atoms with van der Waals surface area (Å²) in [4.78, 5) is 34.9. The van der Waals surface area contributed by atoms with Gasteiger partial charge in [0.2, 0.25) is 0 Å². The minimum atomic E-state index is -1.22. The average molecular weight is 411 g/mol. The van der Waals surface area contributed by atoms with Gasteiger partial charge in [-0.2, -0.15) is 0 Å². The molecule has 0 N–H and O–H groups in total. The lowest BCUT2D eigenvalue weighted by atomic mass is 9.94. The van der Waals surface area contributed by atoms with E-state index in [1.54, 1.807) is 13.0 Å². The smallest absolute Gasteiger partial charge is 0.407 e. The molecule has 1 aromatic carbocycles. The standard InChI is InChI=1S/C20H23ClO7/c1-5-26-15(22)9-7-11(2)6-8-13-16-14(10-12(3)17(13)25-4)18(23)27-19(16)28-20(21)24/h6,10,19H,5,7-9H2,1-4H3/b11-6+. The van der Waals surface area contributed by atoms with Crippen LogP contribution in [0.1, 0.15) is 60.0 Å². The molecule has 1 heterocycles. The van der Waals surface area contributed by atoms with Gasteiger partial charge in [-0.05, 0) is 45.2 Å². The first-order valence-corrected chi connectivity index (χ1v) is 9.24. The van der Waals surface area contributed by atoms with Gasteiger partial charge < -0.3 is 18.9 Å². The van der Waals surface area contributed by atoms with Gasteiger partial charge in [0.15, 0.2) is 0 Å². The van der Waals surface area contributed by atoms with Crippen LogP contribution in [0.25, 0.3) is 0 Å². The molecule has 8 heteroatoms. The van der Waals surface area contributed by atoms with Crippen molar-refractivity contribution in [2.45, 2.75) is 46.3 Å². The van der Waals surface area contributed by atoms with Crippen LogP contribution in [0, 0.1) is 6.92 Å². The molecule has 1 atom stereocenters. The number of cyclic esters (lactones) is 1. The van der Waals surface area contributed by atoms with Crippen molar-refractivity contribution < 1.29 is 33.3 Å². The van der Waals surface area contributed by atoms with Gasteiger partial charge in [0.1, 0.15) is 5.75 Å². The van der Waals surface area contributed by atoms with E-state index in [2.05, 4.69) is 0 Å². The molecule has 0 radical (unpaired) electrons. The molecular formula is C20H23ClO7. The Morgan fingerprint density at radius 2 is 2.04 bits per heavy atom. The molecule has 28 heavy (non-hydrogen) atoms. The molecule has 152 valence electrons. The number of esters is 2. The van der Waals surface area contributed by atoms with E-state index in [4.69, 9.17) is 30.5 Å². The van der Waals surface area contributed by atoms with Gasteiger partial charge in [-0.15, -0.1) is 0 Å². The highest BCUT2D eigenvalue weighted by Crippen LogP contribution is 2.41. The SMILES string of the molecule is CCOC(=O)CC/C(C)=C/Cc1c(OC)c(C)cc2c1C(OC(=O)Cl)OC2=O. The van der Waals surface area contributed by atoms with E-state index in [0.29, 0.717) is 41.9 Å². The Balaban J connectivity index is 2.33. The molecule has 0 saturated heterocycles. The molecule has 1 aliphatic rings. The number of carbonyl (C=O) groups excluding carboxylic acids is 3. The Hall–Kier alpha value is -2.54. The second-order valence-corrected chi connectivity index (χ2v) is 6.63. The fraction of sp³-hybridized carbons (Fsp3) is 0.450. The Labute approximate surface area is 168 Å². The zero-order valence-corrected chi connectivity index (χ0v) is 17.1. The summed E-state index contributed by atoms with van der Waals surface area (Å²) in [6.07, 6.45) is 1.94. The average Bonchev–Trinajstić information content (AvgIpc) is 2.92. The topological polar surface area (TPSA) is 88.1 Å². The molecule has 7 nitrogen and oxygen atoms in total. The lowest BCUT2D eigenvalue weighted by Crippen LogP contribution is -2.09. The van der Waals surface area contributed by atoms with Crippen molar-refractivity contribution >= 4 is 29.0 Å². The van der Waals surface area contributed by atoms with Crippen LogP contribution in [0.4, 0.5) is 4.79 Å². The summed E-state index contributed by atoms with van der Waals surface area (Å²) in [5.41, 5.74) is 2.06. The maximum Gasteiger partial charge on any atom is 0.407 e. The van der Waals surface area contributed by atoms with E-state index >= 15 is 0 Å². The number of allylic oxidation sites excluding steroid dienone is 2. The Morgan fingerprint density at radius 1 is 1.32 bits per heavy atom. The first kappa shape index (κ1) is 21.8. The van der Waals surface area contributed by atoms with Crippen molar-refractivity contribution in [2.24, 2.45) is 0 Å². The van der Waals surface area contributed by atoms with Gasteiger partial charge in [0, 0.05) is 23.6 Å². The molecule has 2 rings (SSSR count). The second kappa shape index (κ2) is 9.59. The number of carbonyl (C=O) groups is 3. The van der Waals surface area contributed by atoms with Crippen LogP contribution in [0.3, 0.4) is 0 Å². The number of aryl methyl sites for hydroxylation is 1. The molecule has 0 amide bonds. The maximum atomic E-state index is 12.2. The van der Waals surface area contributed by atoms with Crippen molar-refractivity contribution in [1.82, 2.24) is 0 Å². The van der Waals surface area contributed by atoms with Crippen LogP contribution < -0.4 is 4.74 Å². The molecule has 1 unspecified atom stereocenters. The summed E-state index contributed by atoms with van der Waals surface area (Å²) in [5.74, 6) is -0.271. The molecule has 0 spiro atoms. The molecule has 1 aliphatic heterocycles. The number of benzene rings is 1. The third-order valence-electron chi connectivity index (χ3n) is 4.37. The fourth-order valence-electron chi connectivity index (χ4n) is 3.11. The highest BCUT2D eigenvalue weighted by molar-refractivity contribution is 6.61. The minimum Gasteiger partial charge on any atom is -0.496 e. The number of hydrogen-bond acceptors (Lipinski definition) is 7. The zero-order chi connectivity index (χ0) is 20.8. The van der Waals surface area contributed by atoms with E-state index in [1.165, 1.54) is 7.11 Å². The molecule has 0 aromatic heterocycles. The van der Waals surface area contributed by atoms with Crippen molar-refractivity contribution in [1.29, 1.82) is 0 Å². The molecule has 0 fully saturated rings. The molecule has 1 aromatic rings. The summed E-state index contributed by atoms with van der Waals surface area (Å²) in [6, 6.07) is 1.64. The third kappa shape index (κ3) is 5.04. The van der Waals surface area contributed by atoms with E-state index in [1.807, 2.05) is 19.9 Å². The largest absolute Gasteiger partial charge is 0.496 e. The fourth-order valence-corrected chi connectivity index (χ4v) is 3.19. The van der Waals surface area contributed by atoms with Crippen LogP contribution in [-0.2, 0) is 25.4 Å². The van der Waals surface area contributed by atoms with E-state index in [9.17, 15) is 14.4 Å². The van der Waals surface area contributed by atoms with E-state index in [-0.39, 0.29) is 12.4 Å². The summed E-state index contributed by atoms with van der Waals surface area (Å²) in [6.45, 7) is 5.83. The third-order valence-corrected chi connectivity index (χ3v) is 4.45. The molecule has 0 saturated carbocycles. The summed E-state index contributed by atoms with van der Waals surface area (Å²) < 4.78 is 20.5. The highest BCUT2D eigenvalue weighted by atomic mass is 35.5. The van der Waals surface area contributed by atoms with Crippen LogP contribution >= 0.6 is 11.6 Å². The van der Waals surface area contributed by atoms with Crippen molar-refractivity contribution in [3.8, 4) is 5.75 Å². The summed E-state index contributed by atoms with van der Waals surface area (Å²) in [7, 11) is 1.52. The zero-order valence-electron chi connectivity index (χ0n) is 16.3. The summed E-state index contributed by atoms with van der Waals surface area (Å²) >= 11 is 5.31. The maximum absolute atomic E-state index is 12.2. The second-order valence-electron chi connectivity index (χ2n) is 6.32. The van der Waals surface area contributed by atoms with E-state index in [0.717, 1.165) is 11.1 Å². The van der Waals surface area contributed by atoms with Gasteiger partial charge in [-0.1, -0.05) is 11.6 Å². The van der Waals surface area contributed by atoms with Gasteiger partial charge in [0.25, 0.3) is 6.29 Å². The predicted octanol–water partition coefficient (Wildman–Crippen LogP) is 4.38. The lowest BCUT2D eigenvalue weighted by molar-refractivity contribution is -0.143. The quantitative estimate of drug-likeness (QED) is 0.357. The van der Waals surface area contributed by atoms with Gasteiger partial charge in [-0.25, -0.2) is 9.59 Å². The number of ether oxygens (including phenoxy) is 4. The Kier molecular flexibility index (Phi) is 7.45. The van der Waals surface area contributed by atoms with Crippen LogP contribution in [0.15, 0.2) is 17.7 Å². The first-order chi connectivity index (χ1) is 13.3. The summed E-state index contributed by atoms with van der Waals surface area (Å²) in [5, 5.41) is 0. The highest BCUT2D eigenvalue weighted by Gasteiger charge is 2.37. The lowest BCUT2D eigenvalue weighted by Gasteiger charge is -2.17. The Bertz CT molecular complexity index is 813.